The SMILES string of the molecule is CC(C)N(C(=S)CO)c1ccc(F)cc1. The lowest BCUT2D eigenvalue weighted by Gasteiger charge is -2.28. The highest BCUT2D eigenvalue weighted by Gasteiger charge is 2.14. The highest BCUT2D eigenvalue weighted by Crippen LogP contribution is 2.18. The smallest absolute Gasteiger partial charge is 0.123 e. The fraction of sp³-hybridized carbons (Fsp3) is 0.364. The van der Waals surface area contributed by atoms with E-state index in [1.165, 1.54) is 12.1 Å². The van der Waals surface area contributed by atoms with Crippen LogP contribution in [0, 0.1) is 5.82 Å². The second-order valence-corrected chi connectivity index (χ2v) is 3.96. The first-order valence-corrected chi connectivity index (χ1v) is 5.15. The second-order valence-electron chi connectivity index (χ2n) is 3.49. The number of benzene rings is 1. The monoisotopic (exact) mass is 227 g/mol. The van der Waals surface area contributed by atoms with Crippen LogP contribution in [-0.4, -0.2) is 22.7 Å². The Bertz CT molecular complexity index is 337. The third-order valence-corrected chi connectivity index (χ3v) is 2.35. The summed E-state index contributed by atoms with van der Waals surface area (Å²) in [4.78, 5) is 2.24. The van der Waals surface area contributed by atoms with Gasteiger partial charge in [-0.1, -0.05) is 12.2 Å². The number of hydrogen-bond donors (Lipinski definition) is 1. The minimum absolute atomic E-state index is 0.134. The predicted molar refractivity (Wildman–Crippen MR) is 63.7 cm³/mol. The molecule has 2 nitrogen and oxygen atoms in total. The molecule has 0 spiro atoms. The van der Waals surface area contributed by atoms with E-state index in [-0.39, 0.29) is 18.5 Å². The van der Waals surface area contributed by atoms with Gasteiger partial charge >= 0.3 is 0 Å². The van der Waals surface area contributed by atoms with Gasteiger partial charge in [-0.2, -0.15) is 0 Å². The minimum Gasteiger partial charge on any atom is -0.389 e. The van der Waals surface area contributed by atoms with E-state index in [1.807, 2.05) is 13.8 Å². The summed E-state index contributed by atoms with van der Waals surface area (Å²) in [5.74, 6) is -0.280. The molecule has 0 saturated carbocycles. The Balaban J connectivity index is 2.99. The molecule has 0 unspecified atom stereocenters. The molecule has 0 aliphatic heterocycles. The van der Waals surface area contributed by atoms with Crippen molar-refractivity contribution in [2.45, 2.75) is 19.9 Å². The van der Waals surface area contributed by atoms with Crippen LogP contribution in [0.4, 0.5) is 10.1 Å². The van der Waals surface area contributed by atoms with E-state index in [9.17, 15) is 4.39 Å². The lowest BCUT2D eigenvalue weighted by molar-refractivity contribution is 0.357. The van der Waals surface area contributed by atoms with Crippen molar-refractivity contribution in [3.8, 4) is 0 Å². The van der Waals surface area contributed by atoms with E-state index in [2.05, 4.69) is 0 Å². The van der Waals surface area contributed by atoms with Gasteiger partial charge in [-0.15, -0.1) is 0 Å². The minimum atomic E-state index is -0.280. The third-order valence-electron chi connectivity index (χ3n) is 2.03. The van der Waals surface area contributed by atoms with Gasteiger partial charge in [-0.05, 0) is 38.1 Å². The average molecular weight is 227 g/mol. The molecule has 1 rings (SSSR count). The number of aliphatic hydroxyl groups is 1. The molecular formula is C11H14FNOS. The van der Waals surface area contributed by atoms with Crippen LogP contribution in [0.5, 0.6) is 0 Å². The van der Waals surface area contributed by atoms with Crippen molar-refractivity contribution in [1.82, 2.24) is 0 Å². The summed E-state index contributed by atoms with van der Waals surface area (Å²) < 4.78 is 12.7. The molecule has 15 heavy (non-hydrogen) atoms. The van der Waals surface area contributed by atoms with Gasteiger partial charge in [-0.3, -0.25) is 0 Å². The van der Waals surface area contributed by atoms with Crippen molar-refractivity contribution in [3.63, 3.8) is 0 Å². The molecule has 1 aromatic carbocycles. The van der Waals surface area contributed by atoms with Gasteiger partial charge < -0.3 is 10.0 Å². The van der Waals surface area contributed by atoms with Crippen LogP contribution < -0.4 is 4.90 Å². The van der Waals surface area contributed by atoms with Crippen molar-refractivity contribution >= 4 is 22.9 Å². The van der Waals surface area contributed by atoms with E-state index in [1.54, 1.807) is 17.0 Å². The lowest BCUT2D eigenvalue weighted by atomic mass is 10.2. The van der Waals surface area contributed by atoms with Crippen LogP contribution in [0.3, 0.4) is 0 Å². The molecule has 0 saturated heterocycles. The number of hydrogen-bond acceptors (Lipinski definition) is 2. The zero-order valence-corrected chi connectivity index (χ0v) is 9.59. The molecule has 0 radical (unpaired) electrons. The Morgan fingerprint density at radius 2 is 1.93 bits per heavy atom. The fourth-order valence-corrected chi connectivity index (χ4v) is 1.72. The Kier molecular flexibility index (Phi) is 4.17. The number of aliphatic hydroxyl groups excluding tert-OH is 1. The third kappa shape index (κ3) is 2.97. The van der Waals surface area contributed by atoms with Crippen LogP contribution in [0.1, 0.15) is 13.8 Å². The molecule has 4 heteroatoms. The second kappa shape index (κ2) is 5.19. The zero-order valence-electron chi connectivity index (χ0n) is 8.77. The van der Waals surface area contributed by atoms with Crippen LogP contribution in [-0.2, 0) is 0 Å². The number of rotatable bonds is 3. The maximum Gasteiger partial charge on any atom is 0.123 e. The molecule has 0 heterocycles. The summed E-state index contributed by atoms with van der Waals surface area (Å²) in [7, 11) is 0. The summed E-state index contributed by atoms with van der Waals surface area (Å²) >= 11 is 5.05. The predicted octanol–water partition coefficient (Wildman–Crippen LogP) is 2.36. The van der Waals surface area contributed by atoms with Gasteiger partial charge in [0.25, 0.3) is 0 Å². The van der Waals surface area contributed by atoms with Crippen molar-refractivity contribution in [2.24, 2.45) is 0 Å². The van der Waals surface area contributed by atoms with Gasteiger partial charge in [0.05, 0.1) is 6.61 Å². The molecule has 0 aromatic heterocycles. The molecule has 1 aromatic rings. The number of nitrogens with zero attached hydrogens (tertiary/aromatic N) is 1. The van der Waals surface area contributed by atoms with Gasteiger partial charge in [0, 0.05) is 11.7 Å². The van der Waals surface area contributed by atoms with Gasteiger partial charge in [0.1, 0.15) is 10.8 Å². The van der Waals surface area contributed by atoms with E-state index >= 15 is 0 Å². The summed E-state index contributed by atoms with van der Waals surface area (Å²) in [5.41, 5.74) is 0.797. The van der Waals surface area contributed by atoms with Crippen molar-refractivity contribution in [1.29, 1.82) is 0 Å². The highest BCUT2D eigenvalue weighted by molar-refractivity contribution is 7.80. The van der Waals surface area contributed by atoms with Crippen molar-refractivity contribution in [2.75, 3.05) is 11.5 Å². The quantitative estimate of drug-likeness (QED) is 0.802. The topological polar surface area (TPSA) is 23.5 Å². The van der Waals surface area contributed by atoms with E-state index in [0.29, 0.717) is 4.99 Å². The maximum atomic E-state index is 12.7. The van der Waals surface area contributed by atoms with E-state index in [4.69, 9.17) is 17.3 Å². The van der Waals surface area contributed by atoms with Crippen LogP contribution in [0.25, 0.3) is 0 Å². The van der Waals surface area contributed by atoms with E-state index in [0.717, 1.165) is 5.69 Å². The number of anilines is 1. The maximum absolute atomic E-state index is 12.7. The first-order valence-electron chi connectivity index (χ1n) is 4.74. The molecular weight excluding hydrogens is 213 g/mol. The van der Waals surface area contributed by atoms with E-state index < -0.39 is 0 Å². The molecule has 0 bridgehead atoms. The summed E-state index contributed by atoms with van der Waals surface area (Å²) in [6, 6.07) is 6.19. The summed E-state index contributed by atoms with van der Waals surface area (Å²) in [5, 5.41) is 9.01. The first-order chi connectivity index (χ1) is 7.06. The Labute approximate surface area is 94.3 Å². The van der Waals surface area contributed by atoms with Gasteiger partial charge in [0.15, 0.2) is 0 Å². The van der Waals surface area contributed by atoms with Crippen LogP contribution in [0.15, 0.2) is 24.3 Å². The molecule has 0 aliphatic rings. The average Bonchev–Trinajstić information content (AvgIpc) is 2.20. The molecule has 1 N–H and O–H groups in total. The molecule has 0 atom stereocenters. The largest absolute Gasteiger partial charge is 0.389 e. The van der Waals surface area contributed by atoms with Crippen LogP contribution in [0.2, 0.25) is 0 Å². The van der Waals surface area contributed by atoms with Gasteiger partial charge in [-0.25, -0.2) is 4.39 Å². The molecule has 0 aliphatic carbocycles. The lowest BCUT2D eigenvalue weighted by Crippen LogP contribution is -2.37. The van der Waals surface area contributed by atoms with Crippen molar-refractivity contribution < 1.29 is 9.50 Å². The van der Waals surface area contributed by atoms with Crippen LogP contribution >= 0.6 is 12.2 Å². The Morgan fingerprint density at radius 1 is 1.40 bits per heavy atom. The highest BCUT2D eigenvalue weighted by atomic mass is 32.1. The standard InChI is InChI=1S/C11H14FNOS/c1-8(2)13(11(15)7-14)10-5-3-9(12)4-6-10/h3-6,8,14H,7H2,1-2H3. The summed E-state index contributed by atoms with van der Waals surface area (Å²) in [6.45, 7) is 3.75. The molecule has 82 valence electrons. The molecule has 0 fully saturated rings. The number of thiocarbonyl (C=S) groups is 1. The first kappa shape index (κ1) is 12.1. The normalized spacial score (nSPS) is 10.5. The van der Waals surface area contributed by atoms with Crippen molar-refractivity contribution in [3.05, 3.63) is 30.1 Å². The fourth-order valence-electron chi connectivity index (χ4n) is 1.41. The number of halogens is 1. The Hall–Kier alpha value is -1.00. The summed E-state index contributed by atoms with van der Waals surface area (Å²) in [6.07, 6.45) is 0. The Morgan fingerprint density at radius 3 is 2.33 bits per heavy atom. The molecule has 0 amide bonds. The van der Waals surface area contributed by atoms with Gasteiger partial charge in [0.2, 0.25) is 0 Å². The zero-order chi connectivity index (χ0) is 11.4.